The normalized spacial score (nSPS) is 10.3. The molecule has 5 heteroatoms. The third-order valence-corrected chi connectivity index (χ3v) is 2.32. The number of aromatic hydroxyl groups is 1. The number of carbonyl (C=O) groups is 1. The molecule has 1 aromatic rings. The van der Waals surface area contributed by atoms with E-state index < -0.39 is 17.3 Å². The molecule has 1 rings (SSSR count). The zero-order valence-electron chi connectivity index (χ0n) is 7.47. The highest BCUT2D eigenvalue weighted by Crippen LogP contribution is 2.31. The molecule has 0 aliphatic rings. The van der Waals surface area contributed by atoms with E-state index in [0.29, 0.717) is 5.56 Å². The Morgan fingerprint density at radius 3 is 2.79 bits per heavy atom. The highest BCUT2D eigenvalue weighted by molar-refractivity contribution is 6.35. The molecule has 0 radical (unpaired) electrons. The first-order chi connectivity index (χ1) is 6.49. The van der Waals surface area contributed by atoms with Gasteiger partial charge in [-0.1, -0.05) is 11.6 Å². The van der Waals surface area contributed by atoms with E-state index in [1.807, 2.05) is 0 Å². The Balaban J connectivity index is 3.47. The van der Waals surface area contributed by atoms with Gasteiger partial charge in [-0.3, -0.25) is 4.79 Å². The summed E-state index contributed by atoms with van der Waals surface area (Å²) in [4.78, 5) is 11.2. The number of aryl methyl sites for hydroxylation is 1. The van der Waals surface area contributed by atoms with Crippen LogP contribution in [0.5, 0.6) is 5.75 Å². The maximum absolute atomic E-state index is 13.0. The number of benzene rings is 1. The lowest BCUT2D eigenvalue weighted by Gasteiger charge is -2.08. The molecule has 14 heavy (non-hydrogen) atoms. The molecule has 0 saturated carbocycles. The Labute approximate surface area is 85.3 Å². The van der Waals surface area contributed by atoms with Gasteiger partial charge in [0.25, 0.3) is 0 Å². The van der Waals surface area contributed by atoms with Gasteiger partial charge in [0.2, 0.25) is 0 Å². The van der Waals surface area contributed by atoms with E-state index in [-0.39, 0.29) is 17.1 Å². The number of nitrogens with two attached hydrogens (primary N) is 1. The van der Waals surface area contributed by atoms with Crippen LogP contribution in [0.2, 0.25) is 5.02 Å². The number of hydrogen-bond donors (Lipinski definition) is 2. The predicted molar refractivity (Wildman–Crippen MR) is 51.2 cm³/mol. The number of ketones is 1. The fourth-order valence-corrected chi connectivity index (χ4v) is 1.35. The van der Waals surface area contributed by atoms with E-state index in [1.165, 1.54) is 6.92 Å². The molecule has 1 aromatic carbocycles. The van der Waals surface area contributed by atoms with Gasteiger partial charge in [-0.15, -0.1) is 0 Å². The lowest BCUT2D eigenvalue weighted by molar-refractivity contribution is 0.0998. The molecular formula is C9H9ClFNO2. The van der Waals surface area contributed by atoms with Crippen molar-refractivity contribution in [2.24, 2.45) is 5.73 Å². The van der Waals surface area contributed by atoms with Crippen LogP contribution in [0.4, 0.5) is 4.39 Å². The SMILES string of the molecule is Cc1cc(F)c(O)c(C(=O)CN)c1Cl. The maximum Gasteiger partial charge on any atom is 0.181 e. The third-order valence-electron chi connectivity index (χ3n) is 1.84. The molecular weight excluding hydrogens is 209 g/mol. The van der Waals surface area contributed by atoms with Crippen molar-refractivity contribution in [2.75, 3.05) is 6.54 Å². The fourth-order valence-electron chi connectivity index (χ4n) is 1.10. The van der Waals surface area contributed by atoms with Crippen LogP contribution in [0.1, 0.15) is 15.9 Å². The molecule has 0 aliphatic heterocycles. The van der Waals surface area contributed by atoms with Crippen molar-refractivity contribution in [1.29, 1.82) is 0 Å². The fraction of sp³-hybridized carbons (Fsp3) is 0.222. The van der Waals surface area contributed by atoms with Crippen molar-refractivity contribution in [3.63, 3.8) is 0 Å². The number of carbonyl (C=O) groups excluding carboxylic acids is 1. The van der Waals surface area contributed by atoms with Crippen LogP contribution in [-0.2, 0) is 0 Å². The van der Waals surface area contributed by atoms with Crippen LogP contribution in [-0.4, -0.2) is 17.4 Å². The van der Waals surface area contributed by atoms with Crippen LogP contribution < -0.4 is 5.73 Å². The zero-order valence-corrected chi connectivity index (χ0v) is 8.23. The van der Waals surface area contributed by atoms with Crippen molar-refractivity contribution in [3.8, 4) is 5.75 Å². The number of hydrogen-bond acceptors (Lipinski definition) is 3. The van der Waals surface area contributed by atoms with Gasteiger partial charge < -0.3 is 10.8 Å². The van der Waals surface area contributed by atoms with Gasteiger partial charge in [0, 0.05) is 0 Å². The molecule has 0 spiro atoms. The average Bonchev–Trinajstić information content (AvgIpc) is 2.15. The zero-order chi connectivity index (χ0) is 10.9. The minimum atomic E-state index is -0.872. The molecule has 76 valence electrons. The van der Waals surface area contributed by atoms with E-state index in [1.54, 1.807) is 0 Å². The molecule has 0 aliphatic carbocycles. The largest absolute Gasteiger partial charge is 0.504 e. The van der Waals surface area contributed by atoms with Crippen molar-refractivity contribution in [1.82, 2.24) is 0 Å². The van der Waals surface area contributed by atoms with Crippen LogP contribution in [0.15, 0.2) is 6.07 Å². The number of phenolic OH excluding ortho intramolecular Hbond substituents is 1. The second-order valence-corrected chi connectivity index (χ2v) is 3.22. The van der Waals surface area contributed by atoms with Crippen molar-refractivity contribution < 1.29 is 14.3 Å². The second-order valence-electron chi connectivity index (χ2n) is 2.84. The van der Waals surface area contributed by atoms with Gasteiger partial charge in [-0.05, 0) is 18.6 Å². The molecule has 0 saturated heterocycles. The molecule has 0 atom stereocenters. The minimum Gasteiger partial charge on any atom is -0.504 e. The summed E-state index contributed by atoms with van der Waals surface area (Å²) >= 11 is 5.74. The summed E-state index contributed by atoms with van der Waals surface area (Å²) in [5, 5.41) is 9.31. The number of rotatable bonds is 2. The first-order valence-electron chi connectivity index (χ1n) is 3.89. The highest BCUT2D eigenvalue weighted by atomic mass is 35.5. The molecule has 3 nitrogen and oxygen atoms in total. The van der Waals surface area contributed by atoms with Crippen molar-refractivity contribution >= 4 is 17.4 Å². The summed E-state index contributed by atoms with van der Waals surface area (Å²) < 4.78 is 13.0. The summed E-state index contributed by atoms with van der Waals surface area (Å²) in [6.07, 6.45) is 0. The highest BCUT2D eigenvalue weighted by Gasteiger charge is 2.19. The lowest BCUT2D eigenvalue weighted by Crippen LogP contribution is -2.15. The Kier molecular flexibility index (Phi) is 3.08. The first kappa shape index (κ1) is 10.9. The van der Waals surface area contributed by atoms with Gasteiger partial charge in [-0.2, -0.15) is 0 Å². The molecule has 0 bridgehead atoms. The molecule has 3 N–H and O–H groups in total. The monoisotopic (exact) mass is 217 g/mol. The maximum atomic E-state index is 13.0. The molecule has 0 amide bonds. The molecule has 0 aromatic heterocycles. The summed E-state index contributed by atoms with van der Waals surface area (Å²) in [5.74, 6) is -2.20. The van der Waals surface area contributed by atoms with Crippen LogP contribution in [0.3, 0.4) is 0 Å². The van der Waals surface area contributed by atoms with Crippen molar-refractivity contribution in [2.45, 2.75) is 6.92 Å². The second kappa shape index (κ2) is 3.94. The van der Waals surface area contributed by atoms with Crippen LogP contribution >= 0.6 is 11.6 Å². The smallest absolute Gasteiger partial charge is 0.181 e. The van der Waals surface area contributed by atoms with Gasteiger partial charge >= 0.3 is 0 Å². The first-order valence-corrected chi connectivity index (χ1v) is 4.27. The number of halogens is 2. The van der Waals surface area contributed by atoms with Gasteiger partial charge in [0.15, 0.2) is 17.3 Å². The quantitative estimate of drug-likeness (QED) is 0.741. The molecule has 0 unspecified atom stereocenters. The van der Waals surface area contributed by atoms with Gasteiger partial charge in [0.05, 0.1) is 17.1 Å². The summed E-state index contributed by atoms with van der Waals surface area (Å²) in [5.41, 5.74) is 5.24. The Morgan fingerprint density at radius 1 is 1.71 bits per heavy atom. The van der Waals surface area contributed by atoms with Gasteiger partial charge in [-0.25, -0.2) is 4.39 Å². The topological polar surface area (TPSA) is 63.3 Å². The minimum absolute atomic E-state index is 0.0411. The van der Waals surface area contributed by atoms with E-state index in [4.69, 9.17) is 17.3 Å². The third kappa shape index (κ3) is 1.71. The lowest BCUT2D eigenvalue weighted by atomic mass is 10.1. The Morgan fingerprint density at radius 2 is 2.29 bits per heavy atom. The molecule has 0 heterocycles. The summed E-state index contributed by atoms with van der Waals surface area (Å²) in [7, 11) is 0. The molecule has 0 fully saturated rings. The van der Waals surface area contributed by atoms with Gasteiger partial charge in [0.1, 0.15) is 0 Å². The summed E-state index contributed by atoms with van der Waals surface area (Å²) in [6, 6.07) is 1.06. The van der Waals surface area contributed by atoms with E-state index >= 15 is 0 Å². The van der Waals surface area contributed by atoms with Crippen LogP contribution in [0.25, 0.3) is 0 Å². The Bertz CT molecular complexity index is 367. The predicted octanol–water partition coefficient (Wildman–Crippen LogP) is 1.63. The van der Waals surface area contributed by atoms with E-state index in [2.05, 4.69) is 0 Å². The number of Topliss-reactive ketones (excluding diaryl/α,β-unsaturated/α-hetero) is 1. The van der Waals surface area contributed by atoms with E-state index in [9.17, 15) is 14.3 Å². The summed E-state index contributed by atoms with van der Waals surface area (Å²) in [6.45, 7) is 1.22. The van der Waals surface area contributed by atoms with Crippen molar-refractivity contribution in [3.05, 3.63) is 28.0 Å². The standard InChI is InChI=1S/C9H9ClFNO2/c1-4-2-5(11)9(14)7(8(4)10)6(13)3-12/h2,14H,3,12H2,1H3. The average molecular weight is 218 g/mol. The van der Waals surface area contributed by atoms with E-state index in [0.717, 1.165) is 6.07 Å². The van der Waals surface area contributed by atoms with Crippen LogP contribution in [0, 0.1) is 12.7 Å². The number of phenols is 1. The Hall–Kier alpha value is -1.13.